The molecule has 0 radical (unpaired) electrons. The molecule has 2 heterocycles. The maximum atomic E-state index is 5.68. The maximum absolute atomic E-state index is 5.68. The highest BCUT2D eigenvalue weighted by molar-refractivity contribution is 5.86. The van der Waals surface area contributed by atoms with E-state index in [2.05, 4.69) is 25.5 Å². The molecule has 0 aliphatic heterocycles. The molecular weight excluding hydrogens is 268 g/mol. The molecule has 0 amide bonds. The Morgan fingerprint density at radius 1 is 1.29 bits per heavy atom. The number of fused-ring (bicyclic) bond motifs is 1. The van der Waals surface area contributed by atoms with Crippen LogP contribution < -0.4 is 15.8 Å². The van der Waals surface area contributed by atoms with Crippen molar-refractivity contribution in [2.24, 2.45) is 0 Å². The predicted octanol–water partition coefficient (Wildman–Crippen LogP) is 1.60. The molecule has 0 saturated heterocycles. The first-order chi connectivity index (χ1) is 10.3. The number of methoxy groups -OCH3 is 1. The van der Waals surface area contributed by atoms with Crippen LogP contribution in [0.5, 0.6) is 5.75 Å². The van der Waals surface area contributed by atoms with E-state index in [1.54, 1.807) is 13.3 Å². The first-order valence-electron chi connectivity index (χ1n) is 6.60. The average molecular weight is 284 g/mol. The van der Waals surface area contributed by atoms with Crippen LogP contribution in [0.25, 0.3) is 11.0 Å². The Kier molecular flexibility index (Phi) is 3.55. The molecule has 0 aliphatic carbocycles. The van der Waals surface area contributed by atoms with Gasteiger partial charge < -0.3 is 15.8 Å². The van der Waals surface area contributed by atoms with E-state index in [4.69, 9.17) is 10.5 Å². The van der Waals surface area contributed by atoms with Gasteiger partial charge in [-0.15, -0.1) is 0 Å². The van der Waals surface area contributed by atoms with Crippen LogP contribution in [0.4, 0.5) is 11.8 Å². The summed E-state index contributed by atoms with van der Waals surface area (Å²) in [6, 6.07) is 7.94. The highest BCUT2D eigenvalue weighted by Gasteiger charge is 2.08. The maximum Gasteiger partial charge on any atom is 0.224 e. The number of hydrogen-bond acceptors (Lipinski definition) is 6. The number of aromatic nitrogens is 4. The number of benzene rings is 1. The highest BCUT2D eigenvalue weighted by Crippen LogP contribution is 2.20. The summed E-state index contributed by atoms with van der Waals surface area (Å²) >= 11 is 0. The molecule has 0 spiro atoms. The largest absolute Gasteiger partial charge is 0.496 e. The van der Waals surface area contributed by atoms with Crippen molar-refractivity contribution in [3.63, 3.8) is 0 Å². The fraction of sp³-hybridized carbons (Fsp3) is 0.214. The smallest absolute Gasteiger partial charge is 0.224 e. The Hall–Kier alpha value is -2.83. The zero-order valence-corrected chi connectivity index (χ0v) is 11.6. The Labute approximate surface area is 121 Å². The first-order valence-corrected chi connectivity index (χ1v) is 6.60. The summed E-state index contributed by atoms with van der Waals surface area (Å²) in [5.74, 6) is 1.78. The fourth-order valence-corrected chi connectivity index (χ4v) is 2.21. The van der Waals surface area contributed by atoms with Crippen molar-refractivity contribution in [2.75, 3.05) is 24.7 Å². The first kappa shape index (κ1) is 13.2. The summed E-state index contributed by atoms with van der Waals surface area (Å²) < 4.78 is 5.34. The molecule has 0 fully saturated rings. The van der Waals surface area contributed by atoms with Crippen molar-refractivity contribution in [3.05, 3.63) is 36.0 Å². The lowest BCUT2D eigenvalue weighted by Crippen LogP contribution is -2.09. The van der Waals surface area contributed by atoms with Gasteiger partial charge >= 0.3 is 0 Å². The molecule has 2 aromatic heterocycles. The van der Waals surface area contributed by atoms with Gasteiger partial charge in [0.2, 0.25) is 5.95 Å². The van der Waals surface area contributed by atoms with Gasteiger partial charge in [-0.25, -0.2) is 0 Å². The SMILES string of the molecule is COc1ccccc1CCNc1nc(N)nc2[nH]ncc12. The molecule has 0 aliphatic rings. The monoisotopic (exact) mass is 284 g/mol. The van der Waals surface area contributed by atoms with Crippen molar-refractivity contribution < 1.29 is 4.74 Å². The second kappa shape index (κ2) is 5.66. The number of aromatic amines is 1. The third-order valence-corrected chi connectivity index (χ3v) is 3.21. The van der Waals surface area contributed by atoms with E-state index >= 15 is 0 Å². The molecule has 0 saturated carbocycles. The van der Waals surface area contributed by atoms with Gasteiger partial charge in [0.05, 0.1) is 18.7 Å². The lowest BCUT2D eigenvalue weighted by Gasteiger charge is -2.10. The van der Waals surface area contributed by atoms with Crippen LogP contribution in [-0.4, -0.2) is 33.8 Å². The normalized spacial score (nSPS) is 10.7. The van der Waals surface area contributed by atoms with Crippen LogP contribution in [0, 0.1) is 0 Å². The molecule has 21 heavy (non-hydrogen) atoms. The Bertz CT molecular complexity index is 754. The van der Waals surface area contributed by atoms with E-state index in [1.165, 1.54) is 0 Å². The summed E-state index contributed by atoms with van der Waals surface area (Å²) in [5.41, 5.74) is 7.45. The van der Waals surface area contributed by atoms with Crippen molar-refractivity contribution in [3.8, 4) is 5.75 Å². The van der Waals surface area contributed by atoms with Crippen LogP contribution in [0.2, 0.25) is 0 Å². The van der Waals surface area contributed by atoms with Crippen LogP contribution in [0.3, 0.4) is 0 Å². The zero-order chi connectivity index (χ0) is 14.7. The molecule has 7 heteroatoms. The van der Waals surface area contributed by atoms with Crippen molar-refractivity contribution in [2.45, 2.75) is 6.42 Å². The van der Waals surface area contributed by atoms with Gasteiger partial charge in [0.25, 0.3) is 0 Å². The summed E-state index contributed by atoms with van der Waals surface area (Å²) in [7, 11) is 1.67. The van der Waals surface area contributed by atoms with Crippen molar-refractivity contribution in [1.82, 2.24) is 20.2 Å². The Morgan fingerprint density at radius 3 is 3.00 bits per heavy atom. The summed E-state index contributed by atoms with van der Waals surface area (Å²) in [5, 5.41) is 10.8. The minimum absolute atomic E-state index is 0.214. The standard InChI is InChI=1S/C14H16N6O/c1-21-11-5-3-2-4-9(11)6-7-16-12-10-8-17-20-13(10)19-14(15)18-12/h2-5,8H,6-7H2,1H3,(H4,15,16,17,18,19,20). The second-order valence-corrected chi connectivity index (χ2v) is 4.55. The summed E-state index contributed by atoms with van der Waals surface area (Å²) in [4.78, 5) is 8.29. The minimum Gasteiger partial charge on any atom is -0.496 e. The van der Waals surface area contributed by atoms with Crippen LogP contribution in [0.15, 0.2) is 30.5 Å². The predicted molar refractivity (Wildman–Crippen MR) is 81.3 cm³/mol. The molecule has 0 atom stereocenters. The van der Waals surface area contributed by atoms with Gasteiger partial charge in [0.1, 0.15) is 11.6 Å². The lowest BCUT2D eigenvalue weighted by molar-refractivity contribution is 0.410. The van der Waals surface area contributed by atoms with Crippen LogP contribution in [0.1, 0.15) is 5.56 Å². The minimum atomic E-state index is 0.214. The molecule has 1 aromatic carbocycles. The Morgan fingerprint density at radius 2 is 2.14 bits per heavy atom. The van der Waals surface area contributed by atoms with E-state index in [0.29, 0.717) is 18.0 Å². The molecule has 3 rings (SSSR count). The molecule has 7 nitrogen and oxygen atoms in total. The number of para-hydroxylation sites is 1. The van der Waals surface area contributed by atoms with E-state index in [0.717, 1.165) is 23.1 Å². The van der Waals surface area contributed by atoms with Gasteiger partial charge in [-0.2, -0.15) is 15.1 Å². The second-order valence-electron chi connectivity index (χ2n) is 4.55. The van der Waals surface area contributed by atoms with E-state index in [9.17, 15) is 0 Å². The molecular formula is C14H16N6O. The molecule has 0 unspecified atom stereocenters. The van der Waals surface area contributed by atoms with Crippen LogP contribution >= 0.6 is 0 Å². The van der Waals surface area contributed by atoms with E-state index < -0.39 is 0 Å². The Balaban J connectivity index is 1.73. The number of H-pyrrole nitrogens is 1. The number of ether oxygens (including phenoxy) is 1. The number of anilines is 2. The number of nitrogen functional groups attached to an aromatic ring is 1. The topological polar surface area (TPSA) is 102 Å². The number of nitrogens with zero attached hydrogens (tertiary/aromatic N) is 3. The van der Waals surface area contributed by atoms with Crippen LogP contribution in [-0.2, 0) is 6.42 Å². The van der Waals surface area contributed by atoms with Gasteiger partial charge in [-0.05, 0) is 18.1 Å². The number of nitrogens with two attached hydrogens (primary N) is 1. The zero-order valence-electron chi connectivity index (χ0n) is 11.6. The van der Waals surface area contributed by atoms with Gasteiger partial charge in [0.15, 0.2) is 5.65 Å². The molecule has 4 N–H and O–H groups in total. The number of hydrogen-bond donors (Lipinski definition) is 3. The summed E-state index contributed by atoms with van der Waals surface area (Å²) in [6.45, 7) is 0.705. The van der Waals surface area contributed by atoms with E-state index in [-0.39, 0.29) is 5.95 Å². The average Bonchev–Trinajstić information content (AvgIpc) is 2.96. The molecule has 0 bridgehead atoms. The van der Waals surface area contributed by atoms with Crippen molar-refractivity contribution in [1.29, 1.82) is 0 Å². The number of rotatable bonds is 5. The highest BCUT2D eigenvalue weighted by atomic mass is 16.5. The molecule has 3 aromatic rings. The third-order valence-electron chi connectivity index (χ3n) is 3.21. The van der Waals surface area contributed by atoms with Gasteiger partial charge in [0, 0.05) is 6.54 Å². The molecule has 108 valence electrons. The summed E-state index contributed by atoms with van der Waals surface area (Å²) in [6.07, 6.45) is 2.49. The van der Waals surface area contributed by atoms with Gasteiger partial charge in [-0.1, -0.05) is 18.2 Å². The van der Waals surface area contributed by atoms with Crippen molar-refractivity contribution >= 4 is 22.8 Å². The fourth-order valence-electron chi connectivity index (χ4n) is 2.21. The number of nitrogens with one attached hydrogen (secondary N) is 2. The quantitative estimate of drug-likeness (QED) is 0.657. The van der Waals surface area contributed by atoms with E-state index in [1.807, 2.05) is 24.3 Å². The third kappa shape index (κ3) is 2.71. The van der Waals surface area contributed by atoms with Gasteiger partial charge in [-0.3, -0.25) is 5.10 Å². The lowest BCUT2D eigenvalue weighted by atomic mass is 10.1.